The molecule has 0 amide bonds. The zero-order valence-electron chi connectivity index (χ0n) is 11.1. The number of furan rings is 1. The van der Waals surface area contributed by atoms with Crippen molar-refractivity contribution in [3.05, 3.63) is 41.6 Å². The smallest absolute Gasteiger partial charge is 0.343 e. The Morgan fingerprint density at radius 1 is 1.35 bits per heavy atom. The van der Waals surface area contributed by atoms with Gasteiger partial charge in [0.05, 0.1) is 7.11 Å². The highest BCUT2D eigenvalue weighted by atomic mass is 16.5. The van der Waals surface area contributed by atoms with Crippen LogP contribution in [-0.2, 0) is 4.74 Å². The van der Waals surface area contributed by atoms with Crippen molar-refractivity contribution < 1.29 is 19.1 Å². The van der Waals surface area contributed by atoms with E-state index >= 15 is 0 Å². The third kappa shape index (κ3) is 1.75. The minimum Gasteiger partial charge on any atom is -0.505 e. The molecule has 5 heteroatoms. The molecule has 20 heavy (non-hydrogen) atoms. The fourth-order valence-corrected chi connectivity index (χ4v) is 2.25. The van der Waals surface area contributed by atoms with Crippen molar-refractivity contribution in [2.75, 3.05) is 7.11 Å². The number of ether oxygens (including phenoxy) is 1. The first-order chi connectivity index (χ1) is 9.61. The number of para-hydroxylation sites is 1. The summed E-state index contributed by atoms with van der Waals surface area (Å²) in [5.41, 5.74) is 1.75. The lowest BCUT2D eigenvalue weighted by atomic mass is 10.2. The summed E-state index contributed by atoms with van der Waals surface area (Å²) in [5, 5.41) is 11.1. The maximum Gasteiger partial charge on any atom is 0.343 e. The molecule has 0 radical (unpaired) electrons. The maximum atomic E-state index is 11.6. The molecule has 102 valence electrons. The van der Waals surface area contributed by atoms with Crippen LogP contribution in [0.4, 0.5) is 0 Å². The van der Waals surface area contributed by atoms with Gasteiger partial charge in [0.25, 0.3) is 0 Å². The van der Waals surface area contributed by atoms with Crippen molar-refractivity contribution in [3.8, 4) is 17.2 Å². The highest BCUT2D eigenvalue weighted by Crippen LogP contribution is 2.36. The van der Waals surface area contributed by atoms with Crippen LogP contribution in [0.15, 0.2) is 34.7 Å². The van der Waals surface area contributed by atoms with Gasteiger partial charge in [-0.15, -0.1) is 0 Å². The Kier molecular flexibility index (Phi) is 2.75. The Balaban J connectivity index is 2.17. The standard InChI is InChI=1S/C15H13NO4/c1-8-12(15(18)19-2)14(17)13(16-8)11-7-9-5-3-4-6-10(9)20-11/h3-7,16-17H,1-2H3. The number of hydrogen-bond donors (Lipinski definition) is 2. The van der Waals surface area contributed by atoms with Crippen molar-refractivity contribution >= 4 is 16.9 Å². The normalized spacial score (nSPS) is 10.9. The van der Waals surface area contributed by atoms with E-state index in [0.29, 0.717) is 22.7 Å². The molecule has 0 aliphatic rings. The molecule has 2 heterocycles. The van der Waals surface area contributed by atoms with Crippen molar-refractivity contribution in [2.24, 2.45) is 0 Å². The van der Waals surface area contributed by atoms with Gasteiger partial charge in [-0.05, 0) is 19.1 Å². The Labute approximate surface area is 114 Å². The Morgan fingerprint density at radius 2 is 2.10 bits per heavy atom. The van der Waals surface area contributed by atoms with Crippen LogP contribution >= 0.6 is 0 Å². The summed E-state index contributed by atoms with van der Waals surface area (Å²) in [6, 6.07) is 9.33. The van der Waals surface area contributed by atoms with Gasteiger partial charge in [0.2, 0.25) is 0 Å². The maximum absolute atomic E-state index is 11.6. The number of aromatic hydroxyl groups is 1. The first kappa shape index (κ1) is 12.3. The number of carbonyl (C=O) groups excluding carboxylic acids is 1. The third-order valence-electron chi connectivity index (χ3n) is 3.22. The van der Waals surface area contributed by atoms with E-state index in [4.69, 9.17) is 4.42 Å². The van der Waals surface area contributed by atoms with Crippen LogP contribution in [-0.4, -0.2) is 23.2 Å². The second-order valence-electron chi connectivity index (χ2n) is 4.49. The number of hydrogen-bond acceptors (Lipinski definition) is 4. The summed E-state index contributed by atoms with van der Waals surface area (Å²) in [5.74, 6) is -0.269. The van der Waals surface area contributed by atoms with Gasteiger partial charge in [-0.2, -0.15) is 0 Å². The van der Waals surface area contributed by atoms with E-state index in [1.807, 2.05) is 24.3 Å². The SMILES string of the molecule is COC(=O)c1c(C)[nH]c(-c2cc3ccccc3o2)c1O. The van der Waals surface area contributed by atoms with Gasteiger partial charge >= 0.3 is 5.97 Å². The summed E-state index contributed by atoms with van der Waals surface area (Å²) in [4.78, 5) is 14.6. The predicted octanol–water partition coefficient (Wildman–Crippen LogP) is 3.23. The molecule has 2 aromatic heterocycles. The summed E-state index contributed by atoms with van der Waals surface area (Å²) < 4.78 is 10.3. The first-order valence-corrected chi connectivity index (χ1v) is 6.10. The van der Waals surface area contributed by atoms with Gasteiger partial charge in [-0.3, -0.25) is 0 Å². The Bertz CT molecular complexity index is 764. The van der Waals surface area contributed by atoms with Gasteiger partial charge in [0.15, 0.2) is 11.5 Å². The van der Waals surface area contributed by atoms with Gasteiger partial charge in [0.1, 0.15) is 16.8 Å². The topological polar surface area (TPSA) is 75.5 Å². The number of methoxy groups -OCH3 is 1. The minimum atomic E-state index is -0.585. The number of esters is 1. The van der Waals surface area contributed by atoms with E-state index in [0.717, 1.165) is 5.39 Å². The fourth-order valence-electron chi connectivity index (χ4n) is 2.25. The molecule has 0 bridgehead atoms. The number of fused-ring (bicyclic) bond motifs is 1. The van der Waals surface area contributed by atoms with Gasteiger partial charge in [0, 0.05) is 11.1 Å². The molecular formula is C15H13NO4. The number of nitrogens with one attached hydrogen (secondary N) is 1. The summed E-state index contributed by atoms with van der Waals surface area (Å²) in [6.45, 7) is 1.69. The molecule has 0 aliphatic carbocycles. The number of aryl methyl sites for hydroxylation is 1. The predicted molar refractivity (Wildman–Crippen MR) is 73.7 cm³/mol. The second kappa shape index (κ2) is 4.45. The van der Waals surface area contributed by atoms with Gasteiger partial charge in [-0.25, -0.2) is 4.79 Å². The molecule has 0 aliphatic heterocycles. The van der Waals surface area contributed by atoms with Crippen molar-refractivity contribution in [3.63, 3.8) is 0 Å². The molecule has 0 fully saturated rings. The highest BCUT2D eigenvalue weighted by Gasteiger charge is 2.23. The molecule has 5 nitrogen and oxygen atoms in total. The lowest BCUT2D eigenvalue weighted by Crippen LogP contribution is -2.01. The molecule has 0 saturated carbocycles. The molecule has 0 unspecified atom stereocenters. The highest BCUT2D eigenvalue weighted by molar-refractivity contribution is 5.97. The fraction of sp³-hybridized carbons (Fsp3) is 0.133. The third-order valence-corrected chi connectivity index (χ3v) is 3.22. The van der Waals surface area contributed by atoms with Crippen molar-refractivity contribution in [1.82, 2.24) is 4.98 Å². The van der Waals surface area contributed by atoms with Crippen LogP contribution in [0, 0.1) is 6.92 Å². The van der Waals surface area contributed by atoms with E-state index in [9.17, 15) is 9.90 Å². The van der Waals surface area contributed by atoms with Crippen LogP contribution in [0.3, 0.4) is 0 Å². The van der Waals surface area contributed by atoms with E-state index in [2.05, 4.69) is 9.72 Å². The lowest BCUT2D eigenvalue weighted by Gasteiger charge is -1.98. The number of rotatable bonds is 2. The number of carbonyl (C=O) groups is 1. The number of H-pyrrole nitrogens is 1. The molecule has 3 aromatic rings. The summed E-state index contributed by atoms with van der Waals surface area (Å²) in [7, 11) is 1.27. The second-order valence-corrected chi connectivity index (χ2v) is 4.49. The van der Waals surface area contributed by atoms with Crippen LogP contribution in [0.5, 0.6) is 5.75 Å². The van der Waals surface area contributed by atoms with E-state index in [-0.39, 0.29) is 11.3 Å². The lowest BCUT2D eigenvalue weighted by molar-refractivity contribution is 0.0597. The molecular weight excluding hydrogens is 258 g/mol. The van der Waals surface area contributed by atoms with E-state index < -0.39 is 5.97 Å². The average Bonchev–Trinajstić information content (AvgIpc) is 2.99. The Morgan fingerprint density at radius 3 is 2.80 bits per heavy atom. The van der Waals surface area contributed by atoms with E-state index in [1.165, 1.54) is 7.11 Å². The van der Waals surface area contributed by atoms with Crippen molar-refractivity contribution in [2.45, 2.75) is 6.92 Å². The van der Waals surface area contributed by atoms with E-state index in [1.54, 1.807) is 13.0 Å². The Hall–Kier alpha value is -2.69. The minimum absolute atomic E-state index is 0.128. The van der Waals surface area contributed by atoms with Crippen LogP contribution in [0.1, 0.15) is 16.1 Å². The average molecular weight is 271 g/mol. The quantitative estimate of drug-likeness (QED) is 0.702. The monoisotopic (exact) mass is 271 g/mol. The number of benzene rings is 1. The summed E-state index contributed by atoms with van der Waals surface area (Å²) >= 11 is 0. The zero-order valence-corrected chi connectivity index (χ0v) is 11.1. The van der Waals surface area contributed by atoms with Crippen molar-refractivity contribution in [1.29, 1.82) is 0 Å². The first-order valence-electron chi connectivity index (χ1n) is 6.10. The molecule has 0 spiro atoms. The van der Waals surface area contributed by atoms with Gasteiger partial charge in [-0.1, -0.05) is 18.2 Å². The molecule has 2 N–H and O–H groups in total. The summed E-state index contributed by atoms with van der Waals surface area (Å²) in [6.07, 6.45) is 0. The number of aromatic amines is 1. The van der Waals surface area contributed by atoms with Crippen LogP contribution in [0.25, 0.3) is 22.4 Å². The molecule has 0 saturated heterocycles. The van der Waals surface area contributed by atoms with Gasteiger partial charge < -0.3 is 19.2 Å². The molecule has 1 aromatic carbocycles. The van der Waals surface area contributed by atoms with Crippen LogP contribution < -0.4 is 0 Å². The zero-order chi connectivity index (χ0) is 14.3. The number of aromatic nitrogens is 1. The largest absolute Gasteiger partial charge is 0.505 e. The van der Waals surface area contributed by atoms with Crippen LogP contribution in [0.2, 0.25) is 0 Å². The molecule has 3 rings (SSSR count). The molecule has 0 atom stereocenters.